The Morgan fingerprint density at radius 1 is 0.923 bits per heavy atom. The van der Waals surface area contributed by atoms with Gasteiger partial charge in [-0.2, -0.15) is 0 Å². The van der Waals surface area contributed by atoms with E-state index in [1.807, 2.05) is 36.4 Å². The van der Waals surface area contributed by atoms with Gasteiger partial charge in [0, 0.05) is 11.1 Å². The monoisotopic (exact) mass is 345 g/mol. The van der Waals surface area contributed by atoms with E-state index in [-0.39, 0.29) is 11.7 Å². The number of benzene rings is 3. The van der Waals surface area contributed by atoms with Crippen LogP contribution in [-0.2, 0) is 5.54 Å². The topological polar surface area (TPSA) is 29.1 Å². The quantitative estimate of drug-likeness (QED) is 0.621. The molecule has 0 radical (unpaired) electrons. The van der Waals surface area contributed by atoms with E-state index in [0.717, 1.165) is 5.56 Å². The minimum absolute atomic E-state index is 0.264. The van der Waals surface area contributed by atoms with Crippen LogP contribution < -0.4 is 5.32 Å². The molecule has 1 unspecified atom stereocenters. The lowest BCUT2D eigenvalue weighted by Gasteiger charge is -2.35. The third kappa shape index (κ3) is 3.42. The summed E-state index contributed by atoms with van der Waals surface area (Å²) in [6, 6.07) is 24.9. The number of rotatable bonds is 6. The Kier molecular flexibility index (Phi) is 5.28. The first-order valence-corrected chi connectivity index (χ1v) is 8.46. The fraction of sp³-hybridized carbons (Fsp3) is 0.0870. The molecule has 0 aliphatic heterocycles. The number of amides is 1. The summed E-state index contributed by atoms with van der Waals surface area (Å²) < 4.78 is 14.8. The zero-order valence-electron chi connectivity index (χ0n) is 14.4. The van der Waals surface area contributed by atoms with Crippen molar-refractivity contribution in [1.29, 1.82) is 0 Å². The summed E-state index contributed by atoms with van der Waals surface area (Å²) in [5.74, 6) is -0.633. The lowest BCUT2D eigenvalue weighted by molar-refractivity contribution is 0.0912. The first kappa shape index (κ1) is 17.6. The Labute approximate surface area is 153 Å². The maximum Gasteiger partial charge on any atom is 0.252 e. The van der Waals surface area contributed by atoms with Crippen LogP contribution in [0.25, 0.3) is 0 Å². The highest BCUT2D eigenvalue weighted by Crippen LogP contribution is 2.35. The molecule has 0 aromatic heterocycles. The number of nitrogens with one attached hydrogen (secondary N) is 1. The van der Waals surface area contributed by atoms with Gasteiger partial charge in [0.1, 0.15) is 5.82 Å². The molecule has 3 aromatic rings. The maximum absolute atomic E-state index is 14.8. The van der Waals surface area contributed by atoms with Crippen LogP contribution in [-0.4, -0.2) is 5.91 Å². The lowest BCUT2D eigenvalue weighted by atomic mass is 9.79. The normalized spacial score (nSPS) is 12.8. The standard InChI is InChI=1S/C23H20FNO/c1-2-17-23(19-13-7-4-8-14-19,20-15-9-10-16-21(20)24)25-22(26)18-11-5-3-6-12-18/h2-16H,1,17H2,(H,25,26). The van der Waals surface area contributed by atoms with Crippen molar-refractivity contribution in [3.63, 3.8) is 0 Å². The molecule has 0 aliphatic rings. The molecule has 130 valence electrons. The van der Waals surface area contributed by atoms with E-state index in [9.17, 15) is 9.18 Å². The minimum Gasteiger partial charge on any atom is -0.338 e. The highest BCUT2D eigenvalue weighted by atomic mass is 19.1. The average molecular weight is 345 g/mol. The minimum atomic E-state index is -1.04. The van der Waals surface area contributed by atoms with Gasteiger partial charge in [-0.15, -0.1) is 6.58 Å². The van der Waals surface area contributed by atoms with E-state index < -0.39 is 5.54 Å². The van der Waals surface area contributed by atoms with Crippen LogP contribution in [0.5, 0.6) is 0 Å². The Bertz CT molecular complexity index is 892. The second-order valence-corrected chi connectivity index (χ2v) is 6.06. The van der Waals surface area contributed by atoms with Gasteiger partial charge in [0.15, 0.2) is 0 Å². The van der Waals surface area contributed by atoms with E-state index in [2.05, 4.69) is 11.9 Å². The largest absolute Gasteiger partial charge is 0.338 e. The highest BCUT2D eigenvalue weighted by Gasteiger charge is 2.37. The molecule has 26 heavy (non-hydrogen) atoms. The van der Waals surface area contributed by atoms with Gasteiger partial charge in [-0.25, -0.2) is 4.39 Å². The predicted octanol–water partition coefficient (Wildman–Crippen LogP) is 5.08. The van der Waals surface area contributed by atoms with Crippen molar-refractivity contribution >= 4 is 5.91 Å². The molecule has 0 bridgehead atoms. The number of carbonyl (C=O) groups excluding carboxylic acids is 1. The van der Waals surface area contributed by atoms with Crippen molar-refractivity contribution in [2.24, 2.45) is 0 Å². The summed E-state index contributed by atoms with van der Waals surface area (Å²) in [5, 5.41) is 3.07. The predicted molar refractivity (Wildman–Crippen MR) is 102 cm³/mol. The van der Waals surface area contributed by atoms with Crippen molar-refractivity contribution in [3.05, 3.63) is 120 Å². The van der Waals surface area contributed by atoms with E-state index in [1.165, 1.54) is 6.07 Å². The van der Waals surface area contributed by atoms with Crippen LogP contribution in [0.1, 0.15) is 27.9 Å². The van der Waals surface area contributed by atoms with Gasteiger partial charge < -0.3 is 5.32 Å². The molecule has 1 amide bonds. The molecule has 3 rings (SSSR count). The van der Waals surface area contributed by atoms with Gasteiger partial charge in [0.25, 0.3) is 5.91 Å². The van der Waals surface area contributed by atoms with E-state index >= 15 is 0 Å². The third-order valence-corrected chi connectivity index (χ3v) is 4.41. The van der Waals surface area contributed by atoms with Gasteiger partial charge in [0.2, 0.25) is 0 Å². The lowest BCUT2D eigenvalue weighted by Crippen LogP contribution is -2.47. The van der Waals surface area contributed by atoms with Crippen LogP contribution in [0.3, 0.4) is 0 Å². The highest BCUT2D eigenvalue weighted by molar-refractivity contribution is 5.95. The Morgan fingerprint density at radius 2 is 1.50 bits per heavy atom. The van der Waals surface area contributed by atoms with Crippen LogP contribution in [0.15, 0.2) is 97.6 Å². The summed E-state index contributed by atoms with van der Waals surface area (Å²) in [7, 11) is 0. The second-order valence-electron chi connectivity index (χ2n) is 6.06. The van der Waals surface area contributed by atoms with E-state index in [1.54, 1.807) is 48.5 Å². The van der Waals surface area contributed by atoms with Gasteiger partial charge in [-0.3, -0.25) is 4.79 Å². The van der Waals surface area contributed by atoms with Gasteiger partial charge in [-0.1, -0.05) is 72.8 Å². The van der Waals surface area contributed by atoms with Crippen molar-refractivity contribution in [2.45, 2.75) is 12.0 Å². The summed E-state index contributed by atoms with van der Waals surface area (Å²) in [5.41, 5.74) is 0.694. The first-order chi connectivity index (χ1) is 12.7. The molecule has 1 N–H and O–H groups in total. The van der Waals surface area contributed by atoms with Gasteiger partial charge in [0.05, 0.1) is 5.54 Å². The van der Waals surface area contributed by atoms with Crippen LogP contribution in [0.4, 0.5) is 4.39 Å². The Morgan fingerprint density at radius 3 is 2.12 bits per heavy atom. The van der Waals surface area contributed by atoms with Crippen molar-refractivity contribution in [1.82, 2.24) is 5.32 Å². The summed E-state index contributed by atoms with van der Waals surface area (Å²) in [6.07, 6.45) is 2.06. The SMILES string of the molecule is C=CCC(NC(=O)c1ccccc1)(c1ccccc1)c1ccccc1F. The Balaban J connectivity index is 2.16. The number of hydrogen-bond donors (Lipinski definition) is 1. The number of carbonyl (C=O) groups is 1. The van der Waals surface area contributed by atoms with Gasteiger partial charge in [-0.05, 0) is 30.2 Å². The fourth-order valence-corrected chi connectivity index (χ4v) is 3.18. The molecule has 3 heteroatoms. The molecule has 0 aliphatic carbocycles. The number of hydrogen-bond acceptors (Lipinski definition) is 1. The third-order valence-electron chi connectivity index (χ3n) is 4.41. The Hall–Kier alpha value is -3.20. The van der Waals surface area contributed by atoms with Crippen molar-refractivity contribution in [2.75, 3.05) is 0 Å². The molecule has 0 saturated heterocycles. The molecule has 0 fully saturated rings. The summed E-state index contributed by atoms with van der Waals surface area (Å²) >= 11 is 0. The summed E-state index contributed by atoms with van der Waals surface area (Å²) in [4.78, 5) is 12.9. The van der Waals surface area contributed by atoms with Crippen LogP contribution >= 0.6 is 0 Å². The average Bonchev–Trinajstić information content (AvgIpc) is 2.69. The molecule has 1 atom stereocenters. The van der Waals surface area contributed by atoms with E-state index in [0.29, 0.717) is 17.5 Å². The molecule has 0 heterocycles. The maximum atomic E-state index is 14.8. The van der Waals surface area contributed by atoms with Gasteiger partial charge >= 0.3 is 0 Å². The zero-order valence-corrected chi connectivity index (χ0v) is 14.4. The van der Waals surface area contributed by atoms with Crippen LogP contribution in [0.2, 0.25) is 0 Å². The summed E-state index contributed by atoms with van der Waals surface area (Å²) in [6.45, 7) is 3.83. The van der Waals surface area contributed by atoms with Crippen molar-refractivity contribution < 1.29 is 9.18 Å². The fourth-order valence-electron chi connectivity index (χ4n) is 3.18. The van der Waals surface area contributed by atoms with Crippen molar-refractivity contribution in [3.8, 4) is 0 Å². The molecule has 2 nitrogen and oxygen atoms in total. The zero-order chi connectivity index (χ0) is 18.4. The molecule has 3 aromatic carbocycles. The second kappa shape index (κ2) is 7.79. The first-order valence-electron chi connectivity index (χ1n) is 8.46. The van der Waals surface area contributed by atoms with E-state index in [4.69, 9.17) is 0 Å². The number of halogens is 1. The van der Waals surface area contributed by atoms with Crippen LogP contribution in [0, 0.1) is 5.82 Å². The molecular weight excluding hydrogens is 325 g/mol. The molecular formula is C23H20FNO. The molecule has 0 saturated carbocycles. The molecule has 0 spiro atoms. The smallest absolute Gasteiger partial charge is 0.252 e.